The smallest absolute Gasteiger partial charge is 0.478 e. The van der Waals surface area contributed by atoms with E-state index in [1.54, 1.807) is 41.7 Å². The Morgan fingerprint density at radius 3 is 1.67 bits per heavy atom. The number of hydrogen-bond donors (Lipinski definition) is 5. The molecule has 0 bridgehead atoms. The number of carboxylic acid groups (broad SMARTS) is 2. The molecule has 2 heterocycles. The summed E-state index contributed by atoms with van der Waals surface area (Å²) in [4.78, 5) is 59.7. The van der Waals surface area contributed by atoms with Gasteiger partial charge in [0, 0.05) is 38.6 Å². The highest BCUT2D eigenvalue weighted by molar-refractivity contribution is 6.07. The van der Waals surface area contributed by atoms with Gasteiger partial charge < -0.3 is 40.2 Å². The maximum Gasteiger partial charge on any atom is 0.490 e. The van der Waals surface area contributed by atoms with Crippen molar-refractivity contribution >= 4 is 41.0 Å². The van der Waals surface area contributed by atoms with E-state index in [0.717, 1.165) is 13.0 Å². The fraction of sp³-hybridized carbons (Fsp3) is 0.296. The van der Waals surface area contributed by atoms with Crippen LogP contribution >= 0.6 is 0 Å². The Hall–Kier alpha value is -5.12. The Morgan fingerprint density at radius 2 is 1.23 bits per heavy atom. The number of amides is 3. The molecule has 0 atom stereocenters. The number of aromatic nitrogens is 2. The molecule has 43 heavy (non-hydrogen) atoms. The fourth-order valence-electron chi connectivity index (χ4n) is 3.57. The number of benzene rings is 1. The van der Waals surface area contributed by atoms with Gasteiger partial charge in [-0.15, -0.1) is 0 Å². The van der Waals surface area contributed by atoms with Crippen LogP contribution in [-0.4, -0.2) is 87.3 Å². The maximum absolute atomic E-state index is 12.9. The van der Waals surface area contributed by atoms with Crippen molar-refractivity contribution in [3.8, 4) is 0 Å². The van der Waals surface area contributed by atoms with Gasteiger partial charge in [0.1, 0.15) is 11.4 Å². The van der Waals surface area contributed by atoms with Gasteiger partial charge in [0.2, 0.25) is 0 Å². The number of nitrogens with zero attached hydrogens (tertiary/aromatic N) is 3. The van der Waals surface area contributed by atoms with Crippen molar-refractivity contribution in [1.82, 2.24) is 19.4 Å². The molecule has 3 rings (SSSR count). The minimum absolute atomic E-state index is 0.0797. The SMILES string of the molecule is CN(C)CCCNC(=O)c1cc(NC(=O)c2cc(NC(=O)c3ccc(C(=O)O)cc3)cn2C)cn1C.O=C(O)C(F)(F)F. The fourth-order valence-corrected chi connectivity index (χ4v) is 3.57. The van der Waals surface area contributed by atoms with E-state index in [0.29, 0.717) is 29.3 Å². The number of aliphatic carboxylic acids is 1. The quantitative estimate of drug-likeness (QED) is 0.218. The molecule has 0 aliphatic rings. The molecular formula is C27H31F3N6O7. The van der Waals surface area contributed by atoms with Crippen molar-refractivity contribution in [3.63, 3.8) is 0 Å². The minimum atomic E-state index is -5.08. The summed E-state index contributed by atoms with van der Waals surface area (Å²) in [7, 11) is 7.34. The molecule has 0 aliphatic heterocycles. The monoisotopic (exact) mass is 608 g/mol. The molecule has 3 amide bonds. The lowest BCUT2D eigenvalue weighted by Gasteiger charge is -2.10. The van der Waals surface area contributed by atoms with Gasteiger partial charge in [0.15, 0.2) is 0 Å². The molecule has 13 nitrogen and oxygen atoms in total. The molecule has 0 saturated carbocycles. The van der Waals surface area contributed by atoms with E-state index in [9.17, 15) is 32.3 Å². The van der Waals surface area contributed by atoms with E-state index in [2.05, 4.69) is 16.0 Å². The first-order valence-corrected chi connectivity index (χ1v) is 12.5. The second-order valence-electron chi connectivity index (χ2n) is 9.46. The van der Waals surface area contributed by atoms with Crippen LogP contribution in [0.1, 0.15) is 48.1 Å². The van der Waals surface area contributed by atoms with Crippen LogP contribution in [0, 0.1) is 0 Å². The highest BCUT2D eigenvalue weighted by atomic mass is 19.4. The van der Waals surface area contributed by atoms with Gasteiger partial charge in [-0.05, 0) is 63.5 Å². The predicted molar refractivity (Wildman–Crippen MR) is 149 cm³/mol. The second kappa shape index (κ2) is 14.7. The molecule has 0 saturated heterocycles. The largest absolute Gasteiger partial charge is 0.490 e. The van der Waals surface area contributed by atoms with E-state index in [1.807, 2.05) is 19.0 Å². The number of hydrogen-bond acceptors (Lipinski definition) is 6. The first-order valence-electron chi connectivity index (χ1n) is 12.5. The van der Waals surface area contributed by atoms with Crippen LogP contribution in [0.15, 0.2) is 48.8 Å². The number of anilines is 2. The third-order valence-electron chi connectivity index (χ3n) is 5.70. The van der Waals surface area contributed by atoms with Crippen molar-refractivity contribution in [2.45, 2.75) is 12.6 Å². The molecule has 16 heteroatoms. The van der Waals surface area contributed by atoms with Crippen molar-refractivity contribution in [2.75, 3.05) is 37.8 Å². The lowest BCUT2D eigenvalue weighted by molar-refractivity contribution is -0.192. The van der Waals surface area contributed by atoms with E-state index < -0.39 is 29.9 Å². The summed E-state index contributed by atoms with van der Waals surface area (Å²) in [6.45, 7) is 1.41. The zero-order valence-corrected chi connectivity index (χ0v) is 23.7. The van der Waals surface area contributed by atoms with Gasteiger partial charge in [-0.25, -0.2) is 9.59 Å². The Labute approximate surface area is 243 Å². The molecular weight excluding hydrogens is 577 g/mol. The number of halogens is 3. The maximum atomic E-state index is 12.9. The zero-order valence-electron chi connectivity index (χ0n) is 23.7. The summed E-state index contributed by atoms with van der Waals surface area (Å²) in [6.07, 6.45) is -1.01. The van der Waals surface area contributed by atoms with Gasteiger partial charge in [-0.1, -0.05) is 0 Å². The minimum Gasteiger partial charge on any atom is -0.478 e. The van der Waals surface area contributed by atoms with Crippen LogP contribution in [-0.2, 0) is 18.9 Å². The van der Waals surface area contributed by atoms with Crippen molar-refractivity contribution in [3.05, 3.63) is 71.3 Å². The van der Waals surface area contributed by atoms with Crippen molar-refractivity contribution in [2.24, 2.45) is 14.1 Å². The van der Waals surface area contributed by atoms with Crippen LogP contribution in [0.25, 0.3) is 0 Å². The van der Waals surface area contributed by atoms with E-state index in [4.69, 9.17) is 15.0 Å². The molecule has 5 N–H and O–H groups in total. The molecule has 0 spiro atoms. The molecule has 0 aliphatic carbocycles. The van der Waals surface area contributed by atoms with Crippen LogP contribution in [0.5, 0.6) is 0 Å². The van der Waals surface area contributed by atoms with Crippen molar-refractivity contribution < 1.29 is 47.4 Å². The normalized spacial score (nSPS) is 10.9. The molecule has 0 fully saturated rings. The summed E-state index contributed by atoms with van der Waals surface area (Å²) in [5.41, 5.74) is 1.95. The van der Waals surface area contributed by atoms with Crippen LogP contribution < -0.4 is 16.0 Å². The number of carboxylic acids is 2. The summed E-state index contributed by atoms with van der Waals surface area (Å²) in [6, 6.07) is 8.66. The number of aromatic carboxylic acids is 1. The average Bonchev–Trinajstić information content (AvgIpc) is 3.47. The average molecular weight is 609 g/mol. The lowest BCUT2D eigenvalue weighted by Crippen LogP contribution is -2.28. The number of carbonyl (C=O) groups is 5. The van der Waals surface area contributed by atoms with E-state index >= 15 is 0 Å². The number of carbonyl (C=O) groups excluding carboxylic acids is 3. The standard InChI is InChI=1S/C25H30N6O5.C2HF3O2/c1-29(2)11-5-10-26-23(33)20-12-19(15-30(20)3)28-24(34)21-13-18(14-31(21)4)27-22(32)16-6-8-17(9-7-16)25(35)36;3-2(4,5)1(6)7/h6-9,12-15H,5,10-11H2,1-4H3,(H,26,33)(H,27,32)(H,28,34)(H,35,36);(H,6,7). The third-order valence-corrected chi connectivity index (χ3v) is 5.70. The highest BCUT2D eigenvalue weighted by Gasteiger charge is 2.38. The first-order chi connectivity index (χ1) is 20.0. The summed E-state index contributed by atoms with van der Waals surface area (Å²) < 4.78 is 34.9. The Balaban J connectivity index is 0.000000821. The number of nitrogens with one attached hydrogen (secondary N) is 3. The predicted octanol–water partition coefficient (Wildman–Crippen LogP) is 2.88. The van der Waals surface area contributed by atoms with Crippen molar-refractivity contribution in [1.29, 1.82) is 0 Å². The van der Waals surface area contributed by atoms with Crippen LogP contribution in [0.2, 0.25) is 0 Å². The van der Waals surface area contributed by atoms with Gasteiger partial charge in [0.25, 0.3) is 17.7 Å². The van der Waals surface area contributed by atoms with Gasteiger partial charge >= 0.3 is 18.1 Å². The highest BCUT2D eigenvalue weighted by Crippen LogP contribution is 2.18. The molecule has 3 aromatic rings. The molecule has 0 unspecified atom stereocenters. The van der Waals surface area contributed by atoms with Crippen LogP contribution in [0.3, 0.4) is 0 Å². The first kappa shape index (κ1) is 34.1. The zero-order chi connectivity index (χ0) is 32.5. The van der Waals surface area contributed by atoms with E-state index in [-0.39, 0.29) is 17.0 Å². The summed E-state index contributed by atoms with van der Waals surface area (Å²) in [5, 5.41) is 24.5. The summed E-state index contributed by atoms with van der Waals surface area (Å²) in [5.74, 6) is -4.91. The van der Waals surface area contributed by atoms with Gasteiger partial charge in [0.05, 0.1) is 16.9 Å². The molecule has 1 aromatic carbocycles. The second-order valence-corrected chi connectivity index (χ2v) is 9.46. The van der Waals surface area contributed by atoms with E-state index in [1.165, 1.54) is 30.3 Å². The van der Waals surface area contributed by atoms with Crippen LogP contribution in [0.4, 0.5) is 24.5 Å². The summed E-state index contributed by atoms with van der Waals surface area (Å²) >= 11 is 0. The Morgan fingerprint density at radius 1 is 0.791 bits per heavy atom. The topological polar surface area (TPSA) is 175 Å². The molecule has 2 aromatic heterocycles. The number of rotatable bonds is 10. The Bertz CT molecular complexity index is 1480. The number of alkyl halides is 3. The van der Waals surface area contributed by atoms with Gasteiger partial charge in [-0.3, -0.25) is 14.4 Å². The lowest BCUT2D eigenvalue weighted by atomic mass is 10.1. The van der Waals surface area contributed by atoms with Gasteiger partial charge in [-0.2, -0.15) is 13.2 Å². The Kier molecular flexibility index (Phi) is 11.6. The third kappa shape index (κ3) is 10.3. The molecule has 0 radical (unpaired) electrons. The number of aryl methyl sites for hydroxylation is 2. The molecule has 232 valence electrons.